The van der Waals surface area contributed by atoms with Gasteiger partial charge in [0.25, 0.3) is 0 Å². The van der Waals surface area contributed by atoms with Gasteiger partial charge in [0, 0.05) is 37.7 Å². The molecule has 12 heteroatoms. The molecule has 0 saturated heterocycles. The SMILES string of the molecule is O.O=P(O)(O)O.O=P(O)(O)O.[Ca]. The van der Waals surface area contributed by atoms with E-state index in [2.05, 4.69) is 0 Å². The maximum absolute atomic E-state index is 8.88. The number of hydrogen-bond acceptors (Lipinski definition) is 2. The third-order valence-corrected chi connectivity index (χ3v) is 0. The first kappa shape index (κ1) is 23.3. The third kappa shape index (κ3) is 601. The van der Waals surface area contributed by atoms with E-state index in [0.717, 1.165) is 0 Å². The Morgan fingerprint density at radius 3 is 0.667 bits per heavy atom. The van der Waals surface area contributed by atoms with Gasteiger partial charge in [-0.1, -0.05) is 0 Å². The fourth-order valence-electron chi connectivity index (χ4n) is 0. The monoisotopic (exact) mass is 254 g/mol. The van der Waals surface area contributed by atoms with Crippen LogP contribution in [0.3, 0.4) is 0 Å². The summed E-state index contributed by atoms with van der Waals surface area (Å²) in [5.41, 5.74) is 0. The summed E-state index contributed by atoms with van der Waals surface area (Å²) in [6.45, 7) is 0. The van der Waals surface area contributed by atoms with E-state index >= 15 is 0 Å². The topological polar surface area (TPSA) is 187 Å². The Bertz CT molecular complexity index is 125. The number of rotatable bonds is 0. The number of phosphoric acid groups is 2. The summed E-state index contributed by atoms with van der Waals surface area (Å²) in [6, 6.07) is 0. The van der Waals surface area contributed by atoms with Gasteiger partial charge in [0.15, 0.2) is 0 Å². The first-order valence-electron chi connectivity index (χ1n) is 1.57. The van der Waals surface area contributed by atoms with Crippen LogP contribution < -0.4 is 0 Å². The van der Waals surface area contributed by atoms with E-state index in [1.54, 1.807) is 0 Å². The third-order valence-electron chi connectivity index (χ3n) is 0. The van der Waals surface area contributed by atoms with E-state index in [0.29, 0.717) is 0 Å². The maximum Gasteiger partial charge on any atom is 0.466 e. The Labute approximate surface area is 96.8 Å². The smallest absolute Gasteiger partial charge is 0.412 e. The van der Waals surface area contributed by atoms with Crippen LogP contribution in [0, 0.1) is 0 Å². The van der Waals surface area contributed by atoms with E-state index in [1.165, 1.54) is 0 Å². The van der Waals surface area contributed by atoms with E-state index < -0.39 is 15.6 Å². The molecule has 0 fully saturated rings. The summed E-state index contributed by atoms with van der Waals surface area (Å²) < 4.78 is 17.8. The van der Waals surface area contributed by atoms with E-state index in [4.69, 9.17) is 38.5 Å². The van der Waals surface area contributed by atoms with Crippen molar-refractivity contribution in [3.05, 3.63) is 0 Å². The van der Waals surface area contributed by atoms with Crippen molar-refractivity contribution in [1.29, 1.82) is 0 Å². The molecule has 0 aliphatic carbocycles. The minimum absolute atomic E-state index is 0. The molecule has 0 aliphatic heterocycles. The van der Waals surface area contributed by atoms with Crippen LogP contribution in [0.15, 0.2) is 0 Å². The molecular formula is H8CaO9P2. The van der Waals surface area contributed by atoms with E-state index in [1.807, 2.05) is 0 Å². The van der Waals surface area contributed by atoms with Gasteiger partial charge >= 0.3 is 15.6 Å². The fraction of sp³-hybridized carbons (Fsp3) is 0. The van der Waals surface area contributed by atoms with Crippen molar-refractivity contribution < 1.29 is 44.0 Å². The molecule has 0 unspecified atom stereocenters. The molecule has 8 N–H and O–H groups in total. The van der Waals surface area contributed by atoms with Gasteiger partial charge < -0.3 is 34.8 Å². The minimum atomic E-state index is -4.64. The molecule has 0 amide bonds. The molecule has 12 heavy (non-hydrogen) atoms. The van der Waals surface area contributed by atoms with Crippen LogP contribution in [0.4, 0.5) is 0 Å². The van der Waals surface area contributed by atoms with Gasteiger partial charge in [-0.15, -0.1) is 0 Å². The quantitative estimate of drug-likeness (QED) is 0.194. The van der Waals surface area contributed by atoms with Crippen molar-refractivity contribution in [1.82, 2.24) is 0 Å². The fourth-order valence-corrected chi connectivity index (χ4v) is 0. The first-order valence-corrected chi connectivity index (χ1v) is 4.70. The van der Waals surface area contributed by atoms with Crippen LogP contribution in [0.5, 0.6) is 0 Å². The Morgan fingerprint density at radius 1 is 0.667 bits per heavy atom. The molecule has 0 heterocycles. The first-order chi connectivity index (χ1) is 4.00. The van der Waals surface area contributed by atoms with Crippen molar-refractivity contribution >= 4 is 53.4 Å². The Kier molecular flexibility index (Phi) is 17.5. The predicted molar refractivity (Wildman–Crippen MR) is 37.9 cm³/mol. The van der Waals surface area contributed by atoms with Crippen molar-refractivity contribution in [3.8, 4) is 0 Å². The summed E-state index contributed by atoms with van der Waals surface area (Å²) in [5.74, 6) is 0. The van der Waals surface area contributed by atoms with Crippen LogP contribution >= 0.6 is 15.6 Å². The molecule has 74 valence electrons. The van der Waals surface area contributed by atoms with Gasteiger partial charge in [-0.25, -0.2) is 9.13 Å². The molecule has 0 bridgehead atoms. The second-order valence-corrected chi connectivity index (χ2v) is 3.08. The second-order valence-electron chi connectivity index (χ2n) is 1.03. The zero-order valence-corrected chi connectivity index (χ0v) is 9.60. The maximum atomic E-state index is 8.88. The van der Waals surface area contributed by atoms with Crippen molar-refractivity contribution in [2.24, 2.45) is 0 Å². The molecule has 0 saturated carbocycles. The summed E-state index contributed by atoms with van der Waals surface area (Å²) in [7, 11) is -9.28. The molecule has 0 aliphatic rings. The van der Waals surface area contributed by atoms with Crippen LogP contribution in [0.1, 0.15) is 0 Å². The molecule has 0 spiro atoms. The van der Waals surface area contributed by atoms with Crippen molar-refractivity contribution in [2.75, 3.05) is 0 Å². The number of hydrogen-bond donors (Lipinski definition) is 6. The second kappa shape index (κ2) is 9.01. The Hall–Kier alpha value is 1.44. The van der Waals surface area contributed by atoms with Gasteiger partial charge in [-0.05, 0) is 0 Å². The minimum Gasteiger partial charge on any atom is -0.412 e. The Balaban J connectivity index is -0.0000000457. The molecular weight excluding hydrogens is 246 g/mol. The van der Waals surface area contributed by atoms with Crippen molar-refractivity contribution in [3.63, 3.8) is 0 Å². The molecule has 0 atom stereocenters. The summed E-state index contributed by atoms with van der Waals surface area (Å²) in [6.07, 6.45) is 0. The molecule has 9 nitrogen and oxygen atoms in total. The van der Waals surface area contributed by atoms with Gasteiger partial charge in [0.1, 0.15) is 0 Å². The van der Waals surface area contributed by atoms with E-state index in [9.17, 15) is 0 Å². The van der Waals surface area contributed by atoms with Crippen molar-refractivity contribution in [2.45, 2.75) is 0 Å². The molecule has 0 rings (SSSR count). The summed E-state index contributed by atoms with van der Waals surface area (Å²) in [5, 5.41) is 0. The van der Waals surface area contributed by atoms with Crippen LogP contribution in [0.2, 0.25) is 0 Å². The molecule has 0 aromatic carbocycles. The molecule has 0 aromatic rings. The van der Waals surface area contributed by atoms with Gasteiger partial charge in [0.2, 0.25) is 0 Å². The normalized spacial score (nSPS) is 9.83. The predicted octanol–water partition coefficient (Wildman–Crippen LogP) is -3.06. The van der Waals surface area contributed by atoms with Crippen LogP contribution in [-0.4, -0.2) is 72.6 Å². The zero-order valence-electron chi connectivity index (χ0n) is 5.60. The largest absolute Gasteiger partial charge is 0.466 e. The summed E-state index contributed by atoms with van der Waals surface area (Å²) in [4.78, 5) is 43.1. The van der Waals surface area contributed by atoms with E-state index in [-0.39, 0.29) is 43.2 Å². The molecule has 0 aromatic heterocycles. The standard InChI is InChI=1S/Ca.2H3O4P.H2O/c;2*1-5(2,3)4;/h;2*(H3,1,2,3,4);1H2. The van der Waals surface area contributed by atoms with Crippen LogP contribution in [0.25, 0.3) is 0 Å². The van der Waals surface area contributed by atoms with Gasteiger partial charge in [-0.2, -0.15) is 0 Å². The molecule has 2 radical (unpaired) electrons. The van der Waals surface area contributed by atoms with Gasteiger partial charge in [0.05, 0.1) is 0 Å². The average Bonchev–Trinajstić information content (AvgIpc) is 1.12. The van der Waals surface area contributed by atoms with Gasteiger partial charge in [-0.3, -0.25) is 0 Å². The average molecular weight is 254 g/mol. The zero-order chi connectivity index (χ0) is 9.00. The Morgan fingerprint density at radius 2 is 0.667 bits per heavy atom. The van der Waals surface area contributed by atoms with Crippen LogP contribution in [-0.2, 0) is 9.13 Å². The summed E-state index contributed by atoms with van der Waals surface area (Å²) >= 11 is 0.